The maximum Gasteiger partial charge on any atom is 0.219 e. The van der Waals surface area contributed by atoms with E-state index in [1.54, 1.807) is 13.1 Å². The van der Waals surface area contributed by atoms with E-state index in [4.69, 9.17) is 14.7 Å². The van der Waals surface area contributed by atoms with Gasteiger partial charge >= 0.3 is 0 Å². The number of nitrogens with one attached hydrogen (secondary N) is 1. The van der Waals surface area contributed by atoms with Crippen molar-refractivity contribution in [1.29, 1.82) is 0 Å². The first-order chi connectivity index (χ1) is 12.7. The number of anilines is 1. The van der Waals surface area contributed by atoms with E-state index in [9.17, 15) is 4.79 Å². The SMILES string of the molecule is CC(=O)N1CCc2c(nc(-c3ccccn3)nc2NCC2CCCO2)C1. The molecule has 2 aromatic heterocycles. The maximum atomic E-state index is 11.8. The van der Waals surface area contributed by atoms with Crippen molar-refractivity contribution in [2.75, 3.05) is 25.0 Å². The first kappa shape index (κ1) is 16.9. The van der Waals surface area contributed by atoms with Gasteiger partial charge in [0.25, 0.3) is 0 Å². The highest BCUT2D eigenvalue weighted by atomic mass is 16.5. The van der Waals surface area contributed by atoms with E-state index >= 15 is 0 Å². The molecule has 0 aliphatic carbocycles. The van der Waals surface area contributed by atoms with Crippen LogP contribution in [0, 0.1) is 0 Å². The summed E-state index contributed by atoms with van der Waals surface area (Å²) in [4.78, 5) is 27.4. The summed E-state index contributed by atoms with van der Waals surface area (Å²) in [5, 5.41) is 3.46. The fourth-order valence-corrected chi connectivity index (χ4v) is 3.47. The van der Waals surface area contributed by atoms with Crippen LogP contribution in [0.5, 0.6) is 0 Å². The molecule has 0 spiro atoms. The number of fused-ring (bicyclic) bond motifs is 1. The third-order valence-electron chi connectivity index (χ3n) is 4.93. The van der Waals surface area contributed by atoms with Crippen molar-refractivity contribution in [3.05, 3.63) is 35.7 Å². The molecule has 0 radical (unpaired) electrons. The summed E-state index contributed by atoms with van der Waals surface area (Å²) in [6.45, 7) is 4.38. The molecule has 2 aliphatic heterocycles. The van der Waals surface area contributed by atoms with Crippen LogP contribution in [0.4, 0.5) is 5.82 Å². The van der Waals surface area contributed by atoms with Gasteiger partial charge < -0.3 is 15.0 Å². The average molecular weight is 353 g/mol. The summed E-state index contributed by atoms with van der Waals surface area (Å²) in [5.41, 5.74) is 2.73. The van der Waals surface area contributed by atoms with Gasteiger partial charge in [0.2, 0.25) is 5.91 Å². The summed E-state index contributed by atoms with van der Waals surface area (Å²) in [6.07, 6.45) is 4.91. The van der Waals surface area contributed by atoms with Crippen molar-refractivity contribution in [1.82, 2.24) is 19.9 Å². The molecule has 0 saturated carbocycles. The van der Waals surface area contributed by atoms with E-state index in [0.717, 1.165) is 55.2 Å². The summed E-state index contributed by atoms with van der Waals surface area (Å²) in [6, 6.07) is 5.69. The van der Waals surface area contributed by atoms with Crippen LogP contribution in [0.25, 0.3) is 11.5 Å². The summed E-state index contributed by atoms with van der Waals surface area (Å²) in [5.74, 6) is 1.50. The van der Waals surface area contributed by atoms with Gasteiger partial charge in [-0.25, -0.2) is 9.97 Å². The van der Waals surface area contributed by atoms with Crippen LogP contribution in [0.3, 0.4) is 0 Å². The van der Waals surface area contributed by atoms with E-state index in [1.807, 2.05) is 23.1 Å². The Balaban J connectivity index is 1.66. The van der Waals surface area contributed by atoms with Gasteiger partial charge in [-0.1, -0.05) is 6.07 Å². The normalized spacial score (nSPS) is 19.3. The largest absolute Gasteiger partial charge is 0.376 e. The molecule has 26 heavy (non-hydrogen) atoms. The Bertz CT molecular complexity index is 790. The molecule has 1 fully saturated rings. The number of aromatic nitrogens is 3. The summed E-state index contributed by atoms with van der Waals surface area (Å²) in [7, 11) is 0. The number of nitrogens with zero attached hydrogens (tertiary/aromatic N) is 4. The molecule has 0 bridgehead atoms. The molecule has 7 nitrogen and oxygen atoms in total. The van der Waals surface area contributed by atoms with Crippen molar-refractivity contribution >= 4 is 11.7 Å². The highest BCUT2D eigenvalue weighted by molar-refractivity contribution is 5.74. The zero-order valence-electron chi connectivity index (χ0n) is 14.9. The predicted octanol–water partition coefficient (Wildman–Crippen LogP) is 2.03. The van der Waals surface area contributed by atoms with E-state index in [2.05, 4.69) is 10.3 Å². The fourth-order valence-electron chi connectivity index (χ4n) is 3.47. The third kappa shape index (κ3) is 3.53. The molecule has 0 aromatic carbocycles. The molecule has 4 rings (SSSR count). The average Bonchev–Trinajstić information content (AvgIpc) is 3.19. The Labute approximate surface area is 152 Å². The van der Waals surface area contributed by atoms with E-state index in [-0.39, 0.29) is 12.0 Å². The molecule has 4 heterocycles. The highest BCUT2D eigenvalue weighted by Gasteiger charge is 2.25. The molecule has 1 saturated heterocycles. The van der Waals surface area contributed by atoms with Gasteiger partial charge in [-0.05, 0) is 31.4 Å². The smallest absolute Gasteiger partial charge is 0.219 e. The zero-order valence-corrected chi connectivity index (χ0v) is 14.9. The number of ether oxygens (including phenoxy) is 1. The lowest BCUT2D eigenvalue weighted by atomic mass is 10.0. The minimum atomic E-state index is 0.0718. The monoisotopic (exact) mass is 353 g/mol. The number of carbonyl (C=O) groups excluding carboxylic acids is 1. The minimum absolute atomic E-state index is 0.0718. The number of amides is 1. The highest BCUT2D eigenvalue weighted by Crippen LogP contribution is 2.27. The van der Waals surface area contributed by atoms with Crippen LogP contribution in [-0.4, -0.2) is 51.6 Å². The van der Waals surface area contributed by atoms with Crippen molar-refractivity contribution in [3.63, 3.8) is 0 Å². The second-order valence-electron chi connectivity index (χ2n) is 6.74. The molecule has 2 aliphatic rings. The first-order valence-corrected chi connectivity index (χ1v) is 9.13. The standard InChI is InChI=1S/C19H23N5O2/c1-13(25)24-9-7-15-17(12-24)22-19(16-6-2-3-8-20-16)23-18(15)21-11-14-5-4-10-26-14/h2-3,6,8,14H,4-5,7,9-12H2,1H3,(H,21,22,23). The lowest BCUT2D eigenvalue weighted by Crippen LogP contribution is -2.35. The lowest BCUT2D eigenvalue weighted by Gasteiger charge is -2.29. The minimum Gasteiger partial charge on any atom is -0.376 e. The number of hydrogen-bond donors (Lipinski definition) is 1. The van der Waals surface area contributed by atoms with E-state index in [1.165, 1.54) is 0 Å². The van der Waals surface area contributed by atoms with E-state index < -0.39 is 0 Å². The van der Waals surface area contributed by atoms with Gasteiger partial charge in [0, 0.05) is 38.4 Å². The van der Waals surface area contributed by atoms with Crippen molar-refractivity contribution in [3.8, 4) is 11.5 Å². The van der Waals surface area contributed by atoms with Crippen LogP contribution in [0.2, 0.25) is 0 Å². The molecule has 1 N–H and O–H groups in total. The number of carbonyl (C=O) groups is 1. The number of hydrogen-bond acceptors (Lipinski definition) is 6. The summed E-state index contributed by atoms with van der Waals surface area (Å²) >= 11 is 0. The van der Waals surface area contributed by atoms with Crippen molar-refractivity contribution < 1.29 is 9.53 Å². The first-order valence-electron chi connectivity index (χ1n) is 9.13. The number of rotatable bonds is 4. The number of pyridine rings is 1. The third-order valence-corrected chi connectivity index (χ3v) is 4.93. The van der Waals surface area contributed by atoms with E-state index in [0.29, 0.717) is 18.9 Å². The maximum absolute atomic E-state index is 11.8. The van der Waals surface area contributed by atoms with Crippen LogP contribution in [-0.2, 0) is 22.5 Å². The fraction of sp³-hybridized carbons (Fsp3) is 0.474. The van der Waals surface area contributed by atoms with Gasteiger partial charge in [0.15, 0.2) is 5.82 Å². The van der Waals surface area contributed by atoms with Crippen LogP contribution in [0.1, 0.15) is 31.0 Å². The van der Waals surface area contributed by atoms with Gasteiger partial charge in [0.05, 0.1) is 18.3 Å². The topological polar surface area (TPSA) is 80.2 Å². The van der Waals surface area contributed by atoms with Crippen molar-refractivity contribution in [2.45, 2.75) is 38.8 Å². The zero-order chi connectivity index (χ0) is 17.9. The van der Waals surface area contributed by atoms with Gasteiger partial charge in [-0.3, -0.25) is 9.78 Å². The van der Waals surface area contributed by atoms with Gasteiger partial charge in [0.1, 0.15) is 11.5 Å². The Kier molecular flexibility index (Phi) is 4.79. The quantitative estimate of drug-likeness (QED) is 0.906. The predicted molar refractivity (Wildman–Crippen MR) is 97.5 cm³/mol. The molecule has 2 aromatic rings. The second kappa shape index (κ2) is 7.37. The molecule has 7 heteroatoms. The lowest BCUT2D eigenvalue weighted by molar-refractivity contribution is -0.129. The van der Waals surface area contributed by atoms with Crippen LogP contribution in [0.15, 0.2) is 24.4 Å². The second-order valence-corrected chi connectivity index (χ2v) is 6.74. The van der Waals surface area contributed by atoms with Gasteiger partial charge in [-0.15, -0.1) is 0 Å². The Morgan fingerprint density at radius 3 is 3.04 bits per heavy atom. The summed E-state index contributed by atoms with van der Waals surface area (Å²) < 4.78 is 5.71. The Hall–Kier alpha value is -2.54. The molecular weight excluding hydrogens is 330 g/mol. The molecular formula is C19H23N5O2. The molecule has 136 valence electrons. The Morgan fingerprint density at radius 1 is 1.38 bits per heavy atom. The molecule has 1 unspecified atom stereocenters. The van der Waals surface area contributed by atoms with Crippen LogP contribution >= 0.6 is 0 Å². The van der Waals surface area contributed by atoms with Gasteiger partial charge in [-0.2, -0.15) is 0 Å². The van der Waals surface area contributed by atoms with Crippen LogP contribution < -0.4 is 5.32 Å². The molecule has 1 amide bonds. The molecule has 1 atom stereocenters. The Morgan fingerprint density at radius 2 is 2.31 bits per heavy atom. The van der Waals surface area contributed by atoms with Crippen molar-refractivity contribution in [2.24, 2.45) is 0 Å².